The van der Waals surface area contributed by atoms with Gasteiger partial charge in [0.05, 0.1) is 12.1 Å². The monoisotopic (exact) mass is 277 g/mol. The molecule has 100 valence electrons. The Labute approximate surface area is 117 Å². The summed E-state index contributed by atoms with van der Waals surface area (Å²) in [6, 6.07) is 12.8. The molecule has 0 aliphatic heterocycles. The molecule has 0 saturated heterocycles. The van der Waals surface area contributed by atoms with Crippen LogP contribution in [0.4, 0.5) is 5.69 Å². The predicted octanol–water partition coefficient (Wildman–Crippen LogP) is 4.23. The van der Waals surface area contributed by atoms with Crippen LogP contribution in [0.25, 0.3) is 0 Å². The second-order valence-electron chi connectivity index (χ2n) is 4.31. The van der Waals surface area contributed by atoms with Crippen LogP contribution < -0.4 is 10.1 Å². The molecule has 2 rings (SSSR count). The maximum absolute atomic E-state index is 9.27. The van der Waals surface area contributed by atoms with E-state index in [2.05, 4.69) is 5.32 Å². The minimum atomic E-state index is 0.116. The fourth-order valence-corrected chi connectivity index (χ4v) is 2.11. The van der Waals surface area contributed by atoms with E-state index in [0.29, 0.717) is 10.8 Å². The molecule has 0 bridgehead atoms. The molecule has 2 N–H and O–H groups in total. The summed E-state index contributed by atoms with van der Waals surface area (Å²) < 4.78 is 5.12. The zero-order valence-electron chi connectivity index (χ0n) is 10.9. The number of phenolic OH excluding ortho intramolecular Hbond substituents is 1. The van der Waals surface area contributed by atoms with E-state index in [-0.39, 0.29) is 11.8 Å². The number of hydrogen-bond donors (Lipinski definition) is 2. The lowest BCUT2D eigenvalue weighted by Gasteiger charge is -2.16. The molecule has 0 aliphatic carbocycles. The predicted molar refractivity (Wildman–Crippen MR) is 78.1 cm³/mol. The molecule has 0 saturated carbocycles. The first-order valence-corrected chi connectivity index (χ1v) is 6.37. The second-order valence-corrected chi connectivity index (χ2v) is 4.71. The Hall–Kier alpha value is -1.87. The Bertz CT molecular complexity index is 555. The Morgan fingerprint density at radius 1 is 1.16 bits per heavy atom. The lowest BCUT2D eigenvalue weighted by atomic mass is 10.1. The minimum absolute atomic E-state index is 0.116. The topological polar surface area (TPSA) is 41.5 Å². The summed E-state index contributed by atoms with van der Waals surface area (Å²) in [5.74, 6) is 0.924. The SMILES string of the molecule is COc1ccc(NC(C)c2ccc(O)cc2)cc1Cl. The van der Waals surface area contributed by atoms with Gasteiger partial charge in [-0.3, -0.25) is 0 Å². The molecule has 1 atom stereocenters. The summed E-state index contributed by atoms with van der Waals surface area (Å²) in [6.45, 7) is 2.05. The average Bonchev–Trinajstić information content (AvgIpc) is 2.39. The number of methoxy groups -OCH3 is 1. The maximum atomic E-state index is 9.27. The fraction of sp³-hybridized carbons (Fsp3) is 0.200. The van der Waals surface area contributed by atoms with E-state index in [4.69, 9.17) is 16.3 Å². The summed E-state index contributed by atoms with van der Waals surface area (Å²) in [5, 5.41) is 13.2. The van der Waals surface area contributed by atoms with Gasteiger partial charge in [-0.15, -0.1) is 0 Å². The van der Waals surface area contributed by atoms with Gasteiger partial charge in [0.15, 0.2) is 0 Å². The van der Waals surface area contributed by atoms with Crippen LogP contribution >= 0.6 is 11.6 Å². The average molecular weight is 278 g/mol. The van der Waals surface area contributed by atoms with Crippen LogP contribution in [0, 0.1) is 0 Å². The van der Waals surface area contributed by atoms with Gasteiger partial charge in [-0.25, -0.2) is 0 Å². The number of aromatic hydroxyl groups is 1. The van der Waals surface area contributed by atoms with Gasteiger partial charge in [0.2, 0.25) is 0 Å². The number of phenols is 1. The van der Waals surface area contributed by atoms with Crippen molar-refractivity contribution in [1.29, 1.82) is 0 Å². The number of hydrogen-bond acceptors (Lipinski definition) is 3. The highest BCUT2D eigenvalue weighted by molar-refractivity contribution is 6.32. The highest BCUT2D eigenvalue weighted by atomic mass is 35.5. The third kappa shape index (κ3) is 3.32. The summed E-state index contributed by atoms with van der Waals surface area (Å²) in [6.07, 6.45) is 0. The molecule has 4 heteroatoms. The van der Waals surface area contributed by atoms with Crippen molar-refractivity contribution in [2.45, 2.75) is 13.0 Å². The summed E-state index contributed by atoms with van der Waals surface area (Å²) in [4.78, 5) is 0. The standard InChI is InChI=1S/C15H16ClNO2/c1-10(11-3-6-13(18)7-4-11)17-12-5-8-15(19-2)14(16)9-12/h3-10,17-18H,1-2H3. The van der Waals surface area contributed by atoms with Crippen LogP contribution in [0.1, 0.15) is 18.5 Å². The van der Waals surface area contributed by atoms with Gasteiger partial charge in [0, 0.05) is 11.7 Å². The van der Waals surface area contributed by atoms with E-state index >= 15 is 0 Å². The highest BCUT2D eigenvalue weighted by Crippen LogP contribution is 2.29. The van der Waals surface area contributed by atoms with Gasteiger partial charge < -0.3 is 15.2 Å². The zero-order chi connectivity index (χ0) is 13.8. The molecule has 2 aromatic rings. The second kappa shape index (κ2) is 5.85. The molecule has 1 unspecified atom stereocenters. The van der Waals surface area contributed by atoms with Crippen molar-refractivity contribution in [3.05, 3.63) is 53.1 Å². The van der Waals surface area contributed by atoms with Crippen LogP contribution in [0.2, 0.25) is 5.02 Å². The lowest BCUT2D eigenvalue weighted by Crippen LogP contribution is -2.06. The van der Waals surface area contributed by atoms with Crippen molar-refractivity contribution >= 4 is 17.3 Å². The first-order chi connectivity index (χ1) is 9.10. The minimum Gasteiger partial charge on any atom is -0.508 e. The lowest BCUT2D eigenvalue weighted by molar-refractivity contribution is 0.415. The molecular weight excluding hydrogens is 262 g/mol. The van der Waals surface area contributed by atoms with Crippen LogP contribution in [0.3, 0.4) is 0 Å². The number of benzene rings is 2. The van der Waals surface area contributed by atoms with Gasteiger partial charge in [0.25, 0.3) is 0 Å². The van der Waals surface area contributed by atoms with Crippen molar-refractivity contribution in [3.63, 3.8) is 0 Å². The number of halogens is 1. The third-order valence-electron chi connectivity index (χ3n) is 2.93. The largest absolute Gasteiger partial charge is 0.508 e. The molecule has 0 aromatic heterocycles. The first kappa shape index (κ1) is 13.6. The molecule has 2 aromatic carbocycles. The Kier molecular flexibility index (Phi) is 4.17. The van der Waals surface area contributed by atoms with Gasteiger partial charge in [-0.2, -0.15) is 0 Å². The van der Waals surface area contributed by atoms with Crippen LogP contribution in [0.15, 0.2) is 42.5 Å². The Morgan fingerprint density at radius 3 is 2.42 bits per heavy atom. The number of rotatable bonds is 4. The third-order valence-corrected chi connectivity index (χ3v) is 3.22. The quantitative estimate of drug-likeness (QED) is 0.879. The maximum Gasteiger partial charge on any atom is 0.137 e. The smallest absolute Gasteiger partial charge is 0.137 e. The summed E-state index contributed by atoms with van der Waals surface area (Å²) in [5.41, 5.74) is 2.01. The van der Waals surface area contributed by atoms with Crippen LogP contribution in [-0.2, 0) is 0 Å². The number of ether oxygens (including phenoxy) is 1. The molecule has 19 heavy (non-hydrogen) atoms. The van der Waals surface area contributed by atoms with Crippen LogP contribution in [-0.4, -0.2) is 12.2 Å². The van der Waals surface area contributed by atoms with Gasteiger partial charge in [-0.1, -0.05) is 23.7 Å². The summed E-state index contributed by atoms with van der Waals surface area (Å²) in [7, 11) is 1.59. The van der Waals surface area contributed by atoms with Crippen molar-refractivity contribution < 1.29 is 9.84 Å². The first-order valence-electron chi connectivity index (χ1n) is 5.99. The summed E-state index contributed by atoms with van der Waals surface area (Å²) >= 11 is 6.08. The fourth-order valence-electron chi connectivity index (χ4n) is 1.85. The van der Waals surface area contributed by atoms with Crippen LogP contribution in [0.5, 0.6) is 11.5 Å². The number of nitrogens with one attached hydrogen (secondary N) is 1. The van der Waals surface area contributed by atoms with Crippen molar-refractivity contribution in [3.8, 4) is 11.5 Å². The van der Waals surface area contributed by atoms with Gasteiger partial charge >= 0.3 is 0 Å². The molecule has 0 heterocycles. The Balaban J connectivity index is 2.12. The molecule has 0 aliphatic rings. The molecule has 0 radical (unpaired) electrons. The van der Waals surface area contributed by atoms with E-state index in [0.717, 1.165) is 11.3 Å². The van der Waals surface area contributed by atoms with Gasteiger partial charge in [-0.05, 0) is 42.8 Å². The highest BCUT2D eigenvalue weighted by Gasteiger charge is 2.07. The number of anilines is 1. The van der Waals surface area contributed by atoms with E-state index in [9.17, 15) is 5.11 Å². The van der Waals surface area contributed by atoms with E-state index in [1.54, 1.807) is 19.2 Å². The molecule has 0 amide bonds. The molecule has 0 spiro atoms. The molecular formula is C15H16ClNO2. The van der Waals surface area contributed by atoms with E-state index in [1.165, 1.54) is 0 Å². The van der Waals surface area contributed by atoms with Crippen molar-refractivity contribution in [2.75, 3.05) is 12.4 Å². The molecule has 0 fully saturated rings. The normalized spacial score (nSPS) is 11.9. The van der Waals surface area contributed by atoms with Crippen molar-refractivity contribution in [2.24, 2.45) is 0 Å². The Morgan fingerprint density at radius 2 is 1.84 bits per heavy atom. The zero-order valence-corrected chi connectivity index (χ0v) is 11.6. The molecule has 3 nitrogen and oxygen atoms in total. The van der Waals surface area contributed by atoms with Crippen molar-refractivity contribution in [1.82, 2.24) is 0 Å². The van der Waals surface area contributed by atoms with Gasteiger partial charge in [0.1, 0.15) is 11.5 Å². The van der Waals surface area contributed by atoms with E-state index in [1.807, 2.05) is 37.3 Å². The van der Waals surface area contributed by atoms with E-state index < -0.39 is 0 Å².